The lowest BCUT2D eigenvalue weighted by atomic mass is 10.2. The Bertz CT molecular complexity index is 551. The lowest BCUT2D eigenvalue weighted by molar-refractivity contribution is 0.0684. The van der Waals surface area contributed by atoms with Crippen molar-refractivity contribution in [1.29, 1.82) is 0 Å². The summed E-state index contributed by atoms with van der Waals surface area (Å²) in [5, 5.41) is 0. The third kappa shape index (κ3) is 3.71. The van der Waals surface area contributed by atoms with Crippen LogP contribution in [-0.4, -0.2) is 36.5 Å². The highest BCUT2D eigenvalue weighted by Crippen LogP contribution is 2.19. The molecule has 0 spiro atoms. The number of benzene rings is 1. The predicted molar refractivity (Wildman–Crippen MR) is 80.8 cm³/mol. The molecule has 0 fully saturated rings. The third-order valence-electron chi connectivity index (χ3n) is 3.32. The highest BCUT2D eigenvalue weighted by atomic mass is 16.5. The number of nitrogen functional groups attached to an aromatic ring is 1. The largest absolute Gasteiger partial charge is 0.399 e. The molecule has 0 radical (unpaired) electrons. The predicted octanol–water partition coefficient (Wildman–Crippen LogP) is 2.37. The van der Waals surface area contributed by atoms with Crippen LogP contribution in [0.2, 0.25) is 0 Å². The van der Waals surface area contributed by atoms with E-state index in [1.54, 1.807) is 7.11 Å². The number of unbranched alkanes of at least 4 members (excludes halogenated alkanes) is 1. The van der Waals surface area contributed by atoms with Crippen LogP contribution in [0.25, 0.3) is 11.0 Å². The van der Waals surface area contributed by atoms with E-state index in [1.807, 2.05) is 25.1 Å². The van der Waals surface area contributed by atoms with Gasteiger partial charge >= 0.3 is 0 Å². The van der Waals surface area contributed by atoms with Crippen molar-refractivity contribution >= 4 is 16.7 Å². The summed E-state index contributed by atoms with van der Waals surface area (Å²) in [6.45, 7) is 5.10. The molecule has 0 atom stereocenters. The molecule has 2 rings (SSSR count). The van der Waals surface area contributed by atoms with Gasteiger partial charge in [0.1, 0.15) is 5.82 Å². The number of hydrogen-bond acceptors (Lipinski definition) is 4. The summed E-state index contributed by atoms with van der Waals surface area (Å²) in [4.78, 5) is 4.55. The molecule has 0 amide bonds. The van der Waals surface area contributed by atoms with Gasteiger partial charge in [0.05, 0.1) is 24.2 Å². The SMILES string of the molecule is COCCOCCCCn1c(C)nc2cc(N)ccc21. The Labute approximate surface area is 119 Å². The van der Waals surface area contributed by atoms with Crippen LogP contribution in [0.5, 0.6) is 0 Å². The van der Waals surface area contributed by atoms with Crippen molar-refractivity contribution in [2.75, 3.05) is 32.7 Å². The number of hydrogen-bond donors (Lipinski definition) is 1. The van der Waals surface area contributed by atoms with Gasteiger partial charge in [-0.3, -0.25) is 0 Å². The molecule has 0 aliphatic carbocycles. The van der Waals surface area contributed by atoms with Crippen LogP contribution in [0.15, 0.2) is 18.2 Å². The number of rotatable bonds is 8. The Hall–Kier alpha value is -1.59. The molecule has 0 saturated carbocycles. The maximum Gasteiger partial charge on any atom is 0.106 e. The maximum atomic E-state index is 5.79. The van der Waals surface area contributed by atoms with Gasteiger partial charge in [-0.15, -0.1) is 0 Å². The van der Waals surface area contributed by atoms with Gasteiger partial charge in [0.25, 0.3) is 0 Å². The minimum atomic E-state index is 0.659. The average molecular weight is 277 g/mol. The Kier molecular flexibility index (Phi) is 5.38. The fourth-order valence-electron chi connectivity index (χ4n) is 2.27. The first kappa shape index (κ1) is 14.8. The number of aryl methyl sites for hydroxylation is 2. The number of aromatic nitrogens is 2. The number of nitrogens with two attached hydrogens (primary N) is 1. The molecular formula is C15H23N3O2. The normalized spacial score (nSPS) is 11.3. The smallest absolute Gasteiger partial charge is 0.106 e. The molecular weight excluding hydrogens is 254 g/mol. The number of imidazole rings is 1. The summed E-state index contributed by atoms with van der Waals surface area (Å²) in [7, 11) is 1.68. The highest BCUT2D eigenvalue weighted by Gasteiger charge is 2.06. The number of nitrogens with zero attached hydrogens (tertiary/aromatic N) is 2. The summed E-state index contributed by atoms with van der Waals surface area (Å²) in [5.41, 5.74) is 8.67. The van der Waals surface area contributed by atoms with Crippen LogP contribution in [0.1, 0.15) is 18.7 Å². The zero-order chi connectivity index (χ0) is 14.4. The van der Waals surface area contributed by atoms with Crippen molar-refractivity contribution in [2.45, 2.75) is 26.3 Å². The van der Waals surface area contributed by atoms with Crippen molar-refractivity contribution in [3.8, 4) is 0 Å². The molecule has 2 N–H and O–H groups in total. The standard InChI is InChI=1S/C15H23N3O2/c1-12-17-14-11-13(16)5-6-15(14)18(12)7-3-4-8-20-10-9-19-2/h5-6,11H,3-4,7-10,16H2,1-2H3. The summed E-state index contributed by atoms with van der Waals surface area (Å²) in [5.74, 6) is 1.03. The van der Waals surface area contributed by atoms with Crippen LogP contribution in [0.3, 0.4) is 0 Å². The van der Waals surface area contributed by atoms with E-state index in [-0.39, 0.29) is 0 Å². The van der Waals surface area contributed by atoms with Crippen LogP contribution < -0.4 is 5.73 Å². The van der Waals surface area contributed by atoms with Gasteiger partial charge in [-0.2, -0.15) is 0 Å². The Morgan fingerprint density at radius 2 is 2.05 bits per heavy atom. The molecule has 110 valence electrons. The number of anilines is 1. The van der Waals surface area contributed by atoms with E-state index >= 15 is 0 Å². The first-order valence-corrected chi connectivity index (χ1v) is 7.01. The van der Waals surface area contributed by atoms with Gasteiger partial charge in [0, 0.05) is 25.9 Å². The molecule has 5 heteroatoms. The fraction of sp³-hybridized carbons (Fsp3) is 0.533. The van der Waals surface area contributed by atoms with Gasteiger partial charge in [-0.1, -0.05) is 0 Å². The zero-order valence-corrected chi connectivity index (χ0v) is 12.3. The van der Waals surface area contributed by atoms with E-state index in [1.165, 1.54) is 0 Å². The van der Waals surface area contributed by atoms with Crippen molar-refractivity contribution in [3.63, 3.8) is 0 Å². The first-order valence-electron chi connectivity index (χ1n) is 7.01. The Morgan fingerprint density at radius 3 is 2.85 bits per heavy atom. The van der Waals surface area contributed by atoms with Gasteiger partial charge in [0.15, 0.2) is 0 Å². The Balaban J connectivity index is 1.85. The maximum absolute atomic E-state index is 5.79. The number of methoxy groups -OCH3 is 1. The first-order chi connectivity index (χ1) is 9.72. The zero-order valence-electron chi connectivity index (χ0n) is 12.3. The minimum Gasteiger partial charge on any atom is -0.399 e. The molecule has 1 aromatic heterocycles. The molecule has 0 unspecified atom stereocenters. The van der Waals surface area contributed by atoms with Gasteiger partial charge in [0.2, 0.25) is 0 Å². The van der Waals surface area contributed by atoms with Gasteiger partial charge in [-0.05, 0) is 38.0 Å². The molecule has 0 aliphatic heterocycles. The Morgan fingerprint density at radius 1 is 1.20 bits per heavy atom. The van der Waals surface area contributed by atoms with E-state index < -0.39 is 0 Å². The van der Waals surface area contributed by atoms with E-state index in [4.69, 9.17) is 15.2 Å². The van der Waals surface area contributed by atoms with Gasteiger partial charge < -0.3 is 19.8 Å². The molecule has 1 aromatic carbocycles. The van der Waals surface area contributed by atoms with E-state index in [9.17, 15) is 0 Å². The summed E-state index contributed by atoms with van der Waals surface area (Å²) < 4.78 is 12.6. The second-order valence-electron chi connectivity index (χ2n) is 4.87. The lowest BCUT2D eigenvalue weighted by Gasteiger charge is -2.07. The van der Waals surface area contributed by atoms with E-state index in [0.717, 1.165) is 48.5 Å². The summed E-state index contributed by atoms with van der Waals surface area (Å²) >= 11 is 0. The van der Waals surface area contributed by atoms with Crippen molar-refractivity contribution in [2.24, 2.45) is 0 Å². The third-order valence-corrected chi connectivity index (χ3v) is 3.32. The van der Waals surface area contributed by atoms with Crippen LogP contribution in [0, 0.1) is 6.92 Å². The fourth-order valence-corrected chi connectivity index (χ4v) is 2.27. The van der Waals surface area contributed by atoms with Crippen molar-refractivity contribution in [3.05, 3.63) is 24.0 Å². The minimum absolute atomic E-state index is 0.659. The molecule has 20 heavy (non-hydrogen) atoms. The second-order valence-corrected chi connectivity index (χ2v) is 4.87. The second kappa shape index (κ2) is 7.26. The van der Waals surface area contributed by atoms with E-state index in [0.29, 0.717) is 13.2 Å². The van der Waals surface area contributed by atoms with Gasteiger partial charge in [-0.25, -0.2) is 4.98 Å². The molecule has 0 bridgehead atoms. The number of ether oxygens (including phenoxy) is 2. The lowest BCUT2D eigenvalue weighted by Crippen LogP contribution is -2.05. The molecule has 0 saturated heterocycles. The average Bonchev–Trinajstić information content (AvgIpc) is 2.73. The van der Waals surface area contributed by atoms with Crippen LogP contribution in [-0.2, 0) is 16.0 Å². The monoisotopic (exact) mass is 277 g/mol. The molecule has 0 aliphatic rings. The molecule has 2 aromatic rings. The number of fused-ring (bicyclic) bond motifs is 1. The van der Waals surface area contributed by atoms with E-state index in [2.05, 4.69) is 9.55 Å². The molecule has 5 nitrogen and oxygen atoms in total. The molecule has 1 heterocycles. The topological polar surface area (TPSA) is 62.3 Å². The van der Waals surface area contributed by atoms with Crippen molar-refractivity contribution in [1.82, 2.24) is 9.55 Å². The summed E-state index contributed by atoms with van der Waals surface area (Å²) in [6, 6.07) is 5.89. The summed E-state index contributed by atoms with van der Waals surface area (Å²) in [6.07, 6.45) is 2.11. The quantitative estimate of drug-likeness (QED) is 0.594. The highest BCUT2D eigenvalue weighted by molar-refractivity contribution is 5.79. The van der Waals surface area contributed by atoms with Crippen molar-refractivity contribution < 1.29 is 9.47 Å². The van der Waals surface area contributed by atoms with Crippen LogP contribution >= 0.6 is 0 Å². The van der Waals surface area contributed by atoms with Crippen LogP contribution in [0.4, 0.5) is 5.69 Å².